The van der Waals surface area contributed by atoms with E-state index in [0.717, 1.165) is 44.9 Å². The van der Waals surface area contributed by atoms with Gasteiger partial charge in [-0.25, -0.2) is 0 Å². The summed E-state index contributed by atoms with van der Waals surface area (Å²) < 4.78 is 22.9. The number of hydrogen-bond donors (Lipinski definition) is 9. The highest BCUT2D eigenvalue weighted by Crippen LogP contribution is 2.30. The number of amides is 1. The normalized spacial score (nSPS) is 22.0. The van der Waals surface area contributed by atoms with Gasteiger partial charge in [-0.2, -0.15) is 0 Å². The van der Waals surface area contributed by atoms with E-state index in [1.807, 2.05) is 6.08 Å². The number of carbonyl (C=O) groups is 1. The fourth-order valence-corrected chi connectivity index (χ4v) is 14.3. The molecule has 2 heterocycles. The van der Waals surface area contributed by atoms with Gasteiger partial charge in [0.05, 0.1) is 32.0 Å². The minimum Gasteiger partial charge on any atom is -0.394 e. The largest absolute Gasteiger partial charge is 0.394 e. The van der Waals surface area contributed by atoms with E-state index in [2.05, 4.69) is 43.5 Å². The van der Waals surface area contributed by atoms with Crippen molar-refractivity contribution in [2.75, 3.05) is 19.8 Å². The molecule has 99 heavy (non-hydrogen) atoms. The Kier molecular flexibility index (Phi) is 65.3. The van der Waals surface area contributed by atoms with E-state index in [0.29, 0.717) is 12.8 Å². The second-order valence-electron chi connectivity index (χ2n) is 30.3. The van der Waals surface area contributed by atoms with E-state index < -0.39 is 86.8 Å². The average Bonchev–Trinajstić information content (AvgIpc) is 0.794. The topological polar surface area (TPSA) is 228 Å². The zero-order chi connectivity index (χ0) is 71.5. The van der Waals surface area contributed by atoms with Gasteiger partial charge >= 0.3 is 0 Å². The summed E-state index contributed by atoms with van der Waals surface area (Å²) >= 11 is 0. The van der Waals surface area contributed by atoms with Gasteiger partial charge in [-0.05, 0) is 44.9 Å². The molecule has 2 saturated heterocycles. The van der Waals surface area contributed by atoms with E-state index in [1.54, 1.807) is 6.08 Å². The van der Waals surface area contributed by atoms with Crippen molar-refractivity contribution in [2.45, 2.75) is 479 Å². The van der Waals surface area contributed by atoms with Crippen LogP contribution in [0.2, 0.25) is 0 Å². The molecule has 1 amide bonds. The SMILES string of the molecule is CCCCCCCCCCCCCCCCCCCCCCCCC/C=C/CC/C=C/CC/C=C/C(O)C(COC1OC(CO)C(OC2OC(CO)C(O)C(O)C2O)C(O)C1O)NC(=O)CCCCCCCCCCCCCCCCCCCCCCCCCCCCCCCCCC. The standard InChI is InChI=1S/C85H161NO13/c1-3-5-7-9-11-13-15-17-19-21-23-25-27-29-31-33-35-37-38-40-42-44-46-48-50-52-54-56-58-60-62-64-66-68-74(89)73(72-96-84-82(95)80(93)83(76(71-88)98-84)99-85-81(94)79(92)78(91)75(70-87)97-85)86-77(90)69-67-65-63-61-59-57-55-53-51-49-47-45-43-41-39-36-34-32-30-28-26-24-22-20-18-16-14-12-10-8-6-4-2/h50,52,58,60,66,68,73-76,78-85,87-89,91-95H,3-49,51,53-57,59,61-65,67,69-72H2,1-2H3,(H,86,90)/b52-50+,60-58+,68-66+. The number of ether oxygens (including phenoxy) is 4. The summed E-state index contributed by atoms with van der Waals surface area (Å²) in [5, 5.41) is 87.7. The van der Waals surface area contributed by atoms with Gasteiger partial charge in [-0.3, -0.25) is 4.79 Å². The molecule has 2 rings (SSSR count). The fourth-order valence-electron chi connectivity index (χ4n) is 14.3. The minimum absolute atomic E-state index is 0.244. The van der Waals surface area contributed by atoms with Crippen LogP contribution in [0.4, 0.5) is 0 Å². The Balaban J connectivity index is 1.61. The molecule has 9 N–H and O–H groups in total. The smallest absolute Gasteiger partial charge is 0.220 e. The Hall–Kier alpha value is -1.79. The minimum atomic E-state index is -1.79. The van der Waals surface area contributed by atoms with Crippen molar-refractivity contribution in [1.82, 2.24) is 5.32 Å². The van der Waals surface area contributed by atoms with Crippen molar-refractivity contribution < 1.29 is 64.6 Å². The highest BCUT2D eigenvalue weighted by Gasteiger charge is 2.51. The van der Waals surface area contributed by atoms with Crippen LogP contribution in [0.25, 0.3) is 0 Å². The Bertz CT molecular complexity index is 1800. The molecule has 12 unspecified atom stereocenters. The average molecular weight is 1410 g/mol. The molecule has 0 bridgehead atoms. The van der Waals surface area contributed by atoms with E-state index in [1.165, 1.54) is 327 Å². The molecule has 2 aliphatic rings. The zero-order valence-electron chi connectivity index (χ0n) is 64.3. The third kappa shape index (κ3) is 51.9. The molecule has 2 aliphatic heterocycles. The first-order valence-corrected chi connectivity index (χ1v) is 42.7. The van der Waals surface area contributed by atoms with Crippen LogP contribution in [0, 0.1) is 0 Å². The van der Waals surface area contributed by atoms with Crippen LogP contribution in [0.3, 0.4) is 0 Å². The van der Waals surface area contributed by atoms with E-state index >= 15 is 0 Å². The first-order chi connectivity index (χ1) is 48.6. The van der Waals surface area contributed by atoms with Gasteiger partial charge in [0.15, 0.2) is 12.6 Å². The number of aliphatic hydroxyl groups excluding tert-OH is 8. The Morgan fingerprint density at radius 1 is 0.354 bits per heavy atom. The molecule has 0 aromatic rings. The first-order valence-electron chi connectivity index (χ1n) is 42.7. The molecular weight excluding hydrogens is 1240 g/mol. The molecule has 0 radical (unpaired) electrons. The summed E-state index contributed by atoms with van der Waals surface area (Å²) in [6, 6.07) is -0.939. The van der Waals surface area contributed by atoms with Crippen molar-refractivity contribution in [1.29, 1.82) is 0 Å². The zero-order valence-corrected chi connectivity index (χ0v) is 64.3. The number of allylic oxidation sites excluding steroid dienone is 5. The van der Waals surface area contributed by atoms with Gasteiger partial charge < -0.3 is 65.1 Å². The molecular formula is C85H161NO13. The lowest BCUT2D eigenvalue weighted by molar-refractivity contribution is -0.359. The van der Waals surface area contributed by atoms with Crippen molar-refractivity contribution in [3.8, 4) is 0 Å². The summed E-state index contributed by atoms with van der Waals surface area (Å²) in [4.78, 5) is 13.4. The third-order valence-electron chi connectivity index (χ3n) is 21.1. The highest BCUT2D eigenvalue weighted by molar-refractivity contribution is 5.76. The molecule has 0 aromatic carbocycles. The lowest BCUT2D eigenvalue weighted by atomic mass is 9.97. The van der Waals surface area contributed by atoms with Crippen LogP contribution < -0.4 is 5.32 Å². The second-order valence-corrected chi connectivity index (χ2v) is 30.3. The molecule has 2 fully saturated rings. The number of hydrogen-bond acceptors (Lipinski definition) is 13. The number of carbonyl (C=O) groups excluding carboxylic acids is 1. The van der Waals surface area contributed by atoms with Gasteiger partial charge in [0.25, 0.3) is 0 Å². The predicted octanol–water partition coefficient (Wildman–Crippen LogP) is 20.0. The first kappa shape index (κ1) is 93.3. The molecule has 14 nitrogen and oxygen atoms in total. The van der Waals surface area contributed by atoms with Gasteiger partial charge in [-0.1, -0.05) is 391 Å². The van der Waals surface area contributed by atoms with E-state index in [-0.39, 0.29) is 18.9 Å². The second kappa shape index (κ2) is 69.3. The highest BCUT2D eigenvalue weighted by atomic mass is 16.7. The van der Waals surface area contributed by atoms with Gasteiger partial charge in [0.1, 0.15) is 48.8 Å². The van der Waals surface area contributed by atoms with Crippen LogP contribution in [0.1, 0.15) is 406 Å². The summed E-state index contributed by atoms with van der Waals surface area (Å²) in [7, 11) is 0. The van der Waals surface area contributed by atoms with Gasteiger partial charge in [0.2, 0.25) is 5.91 Å². The van der Waals surface area contributed by atoms with Crippen molar-refractivity contribution in [3.05, 3.63) is 36.5 Å². The van der Waals surface area contributed by atoms with E-state index in [9.17, 15) is 45.6 Å². The van der Waals surface area contributed by atoms with Crippen molar-refractivity contribution in [2.24, 2.45) is 0 Å². The van der Waals surface area contributed by atoms with Crippen molar-refractivity contribution >= 4 is 5.91 Å². The lowest BCUT2D eigenvalue weighted by Crippen LogP contribution is -2.65. The maximum absolute atomic E-state index is 13.4. The van der Waals surface area contributed by atoms with Crippen molar-refractivity contribution in [3.63, 3.8) is 0 Å². The number of rotatable bonds is 73. The number of unbranched alkanes of at least 4 members (excludes halogenated alkanes) is 56. The number of nitrogens with one attached hydrogen (secondary N) is 1. The van der Waals surface area contributed by atoms with Crippen LogP contribution in [0.5, 0.6) is 0 Å². The molecule has 584 valence electrons. The maximum atomic E-state index is 13.4. The van der Waals surface area contributed by atoms with Crippen LogP contribution in [0.15, 0.2) is 36.5 Å². The Morgan fingerprint density at radius 3 is 0.990 bits per heavy atom. The quantitative estimate of drug-likeness (QED) is 0.0204. The molecule has 0 spiro atoms. The molecule has 14 heteroatoms. The third-order valence-corrected chi connectivity index (χ3v) is 21.1. The predicted molar refractivity (Wildman–Crippen MR) is 411 cm³/mol. The van der Waals surface area contributed by atoms with Crippen LogP contribution >= 0.6 is 0 Å². The van der Waals surface area contributed by atoms with E-state index in [4.69, 9.17) is 18.9 Å². The van der Waals surface area contributed by atoms with Crippen LogP contribution in [-0.2, 0) is 23.7 Å². The summed E-state index contributed by atoms with van der Waals surface area (Å²) in [6.45, 7) is 2.85. The van der Waals surface area contributed by atoms with Gasteiger partial charge in [0, 0.05) is 6.42 Å². The Labute approximate surface area is 608 Å². The van der Waals surface area contributed by atoms with Gasteiger partial charge in [-0.15, -0.1) is 0 Å². The summed E-state index contributed by atoms with van der Waals surface area (Å²) in [5.74, 6) is -0.244. The van der Waals surface area contributed by atoms with Crippen LogP contribution in [-0.4, -0.2) is 140 Å². The maximum Gasteiger partial charge on any atom is 0.220 e. The molecule has 12 atom stereocenters. The Morgan fingerprint density at radius 2 is 0.646 bits per heavy atom. The molecule has 0 saturated carbocycles. The fraction of sp³-hybridized carbons (Fsp3) is 0.918. The molecule has 0 aliphatic carbocycles. The monoisotopic (exact) mass is 1400 g/mol. The number of aliphatic hydroxyl groups is 8. The summed E-state index contributed by atoms with van der Waals surface area (Å²) in [6.07, 6.45) is 75.5. The lowest BCUT2D eigenvalue weighted by Gasteiger charge is -2.46. The molecule has 0 aromatic heterocycles. The summed E-state index contributed by atoms with van der Waals surface area (Å²) in [5.41, 5.74) is 0.